The van der Waals surface area contributed by atoms with E-state index in [4.69, 9.17) is 9.47 Å². The van der Waals surface area contributed by atoms with Gasteiger partial charge in [-0.15, -0.1) is 0 Å². The number of aliphatic hydroxyl groups is 1. The molecule has 0 radical (unpaired) electrons. The van der Waals surface area contributed by atoms with Crippen molar-refractivity contribution in [1.82, 2.24) is 14.2 Å². The van der Waals surface area contributed by atoms with E-state index < -0.39 is 0 Å². The molecule has 1 N–H and O–H groups in total. The van der Waals surface area contributed by atoms with Gasteiger partial charge in [0.05, 0.1) is 26.0 Å². The molecule has 4 aromatic rings. The van der Waals surface area contributed by atoms with Crippen molar-refractivity contribution in [3.63, 3.8) is 0 Å². The molecule has 4 rings (SSSR count). The average Bonchev–Trinajstić information content (AvgIpc) is 3.16. The van der Waals surface area contributed by atoms with Crippen molar-refractivity contribution < 1.29 is 19.0 Å². The molecule has 0 aliphatic carbocycles. The van der Waals surface area contributed by atoms with Gasteiger partial charge in [0.2, 0.25) is 0 Å². The van der Waals surface area contributed by atoms with Gasteiger partial charge in [-0.2, -0.15) is 5.10 Å². The first-order valence-electron chi connectivity index (χ1n) is 9.35. The highest BCUT2D eigenvalue weighted by atomic mass is 19.1. The van der Waals surface area contributed by atoms with Crippen molar-refractivity contribution in [3.8, 4) is 22.8 Å². The van der Waals surface area contributed by atoms with E-state index in [0.717, 1.165) is 5.56 Å². The Morgan fingerprint density at radius 2 is 1.73 bits per heavy atom. The lowest BCUT2D eigenvalue weighted by atomic mass is 10.1. The third-order valence-electron chi connectivity index (χ3n) is 4.80. The van der Waals surface area contributed by atoms with Gasteiger partial charge < -0.3 is 19.1 Å². The second kappa shape index (κ2) is 8.38. The fourth-order valence-electron chi connectivity index (χ4n) is 3.25. The van der Waals surface area contributed by atoms with E-state index in [-0.39, 0.29) is 24.6 Å². The monoisotopic (exact) mass is 409 g/mol. The Morgan fingerprint density at radius 3 is 2.40 bits per heavy atom. The number of benzene rings is 2. The first-order valence-corrected chi connectivity index (χ1v) is 9.35. The molecule has 2 aromatic heterocycles. The Kier molecular flexibility index (Phi) is 5.49. The van der Waals surface area contributed by atoms with Crippen LogP contribution in [0.5, 0.6) is 11.5 Å². The van der Waals surface area contributed by atoms with Gasteiger partial charge in [0.1, 0.15) is 29.4 Å². The predicted molar refractivity (Wildman–Crippen MR) is 109 cm³/mol. The second-order valence-electron chi connectivity index (χ2n) is 6.61. The van der Waals surface area contributed by atoms with Crippen LogP contribution in [0.3, 0.4) is 0 Å². The van der Waals surface area contributed by atoms with Gasteiger partial charge in [-0.25, -0.2) is 8.91 Å². The molecule has 154 valence electrons. The summed E-state index contributed by atoms with van der Waals surface area (Å²) in [4.78, 5) is 13.0. The summed E-state index contributed by atoms with van der Waals surface area (Å²) in [5, 5.41) is 14.4. The Morgan fingerprint density at radius 1 is 1.03 bits per heavy atom. The van der Waals surface area contributed by atoms with E-state index in [1.807, 2.05) is 12.1 Å². The minimum absolute atomic E-state index is 0.232. The zero-order chi connectivity index (χ0) is 21.1. The van der Waals surface area contributed by atoms with Crippen molar-refractivity contribution in [1.29, 1.82) is 0 Å². The molecule has 0 amide bonds. The van der Waals surface area contributed by atoms with Gasteiger partial charge in [-0.3, -0.25) is 4.79 Å². The Hall–Kier alpha value is -3.65. The number of ether oxygens (including phenoxy) is 2. The lowest BCUT2D eigenvalue weighted by Crippen LogP contribution is -2.24. The molecule has 30 heavy (non-hydrogen) atoms. The van der Waals surface area contributed by atoms with Crippen LogP contribution in [-0.4, -0.2) is 33.0 Å². The molecule has 0 atom stereocenters. The smallest absolute Gasteiger partial charge is 0.277 e. The van der Waals surface area contributed by atoms with E-state index in [1.54, 1.807) is 31.6 Å². The fourth-order valence-corrected chi connectivity index (χ4v) is 3.25. The van der Waals surface area contributed by atoms with Gasteiger partial charge >= 0.3 is 0 Å². The summed E-state index contributed by atoms with van der Waals surface area (Å²) >= 11 is 0. The average molecular weight is 409 g/mol. The lowest BCUT2D eigenvalue weighted by molar-refractivity contribution is 0.283. The third kappa shape index (κ3) is 3.77. The number of nitrogens with zero attached hydrogens (tertiary/aromatic N) is 3. The molecule has 2 aromatic carbocycles. The molecule has 2 heterocycles. The number of hydrogen-bond donors (Lipinski definition) is 1. The van der Waals surface area contributed by atoms with Gasteiger partial charge in [-0.05, 0) is 48.5 Å². The largest absolute Gasteiger partial charge is 0.497 e. The maximum absolute atomic E-state index is 13.0. The van der Waals surface area contributed by atoms with Gasteiger partial charge in [0, 0.05) is 23.5 Å². The van der Waals surface area contributed by atoms with Gasteiger partial charge in [0.15, 0.2) is 0 Å². The molecule has 0 aliphatic heterocycles. The molecule has 0 unspecified atom stereocenters. The minimum atomic E-state index is -0.339. The lowest BCUT2D eigenvalue weighted by Gasteiger charge is -2.09. The second-order valence-corrected chi connectivity index (χ2v) is 6.61. The number of methoxy groups -OCH3 is 1. The minimum Gasteiger partial charge on any atom is -0.497 e. The molecular formula is C22H20FN3O4. The molecule has 0 saturated heterocycles. The van der Waals surface area contributed by atoms with Crippen LogP contribution >= 0.6 is 0 Å². The number of aliphatic hydroxyl groups excluding tert-OH is 1. The molecule has 7 nitrogen and oxygen atoms in total. The van der Waals surface area contributed by atoms with Crippen molar-refractivity contribution in [2.75, 3.05) is 13.7 Å². The molecular weight excluding hydrogens is 389 g/mol. The summed E-state index contributed by atoms with van der Waals surface area (Å²) in [6.45, 7) is 0.201. The predicted octanol–water partition coefficient (Wildman–Crippen LogP) is 2.88. The highest BCUT2D eigenvalue weighted by Crippen LogP contribution is 2.26. The number of halogens is 1. The van der Waals surface area contributed by atoms with Crippen LogP contribution in [0.1, 0.15) is 5.56 Å². The topological polar surface area (TPSA) is 78.0 Å². The molecule has 0 saturated carbocycles. The zero-order valence-corrected chi connectivity index (χ0v) is 16.3. The van der Waals surface area contributed by atoms with E-state index >= 15 is 0 Å². The van der Waals surface area contributed by atoms with E-state index in [9.17, 15) is 14.3 Å². The summed E-state index contributed by atoms with van der Waals surface area (Å²) in [5.41, 5.74) is 1.80. The Balaban J connectivity index is 1.62. The summed E-state index contributed by atoms with van der Waals surface area (Å²) < 4.78 is 26.7. The number of fused-ring (bicyclic) bond motifs is 1. The summed E-state index contributed by atoms with van der Waals surface area (Å²) in [7, 11) is 1.58. The van der Waals surface area contributed by atoms with Crippen molar-refractivity contribution >= 4 is 5.52 Å². The fraction of sp³-hybridized carbons (Fsp3) is 0.182. The maximum atomic E-state index is 13.0. The van der Waals surface area contributed by atoms with Crippen LogP contribution in [0.4, 0.5) is 4.39 Å². The Labute approximate surface area is 171 Å². The maximum Gasteiger partial charge on any atom is 0.277 e. The van der Waals surface area contributed by atoms with Crippen LogP contribution in [0.15, 0.2) is 65.7 Å². The van der Waals surface area contributed by atoms with Crippen LogP contribution < -0.4 is 15.0 Å². The van der Waals surface area contributed by atoms with Crippen molar-refractivity contribution in [2.24, 2.45) is 0 Å². The highest BCUT2D eigenvalue weighted by molar-refractivity contribution is 5.72. The highest BCUT2D eigenvalue weighted by Gasteiger charge is 2.17. The third-order valence-corrected chi connectivity index (χ3v) is 4.80. The van der Waals surface area contributed by atoms with Crippen LogP contribution in [0.25, 0.3) is 16.8 Å². The molecule has 0 fully saturated rings. The quantitative estimate of drug-likeness (QED) is 0.508. The van der Waals surface area contributed by atoms with Crippen LogP contribution in [0, 0.1) is 5.82 Å². The first kappa shape index (κ1) is 19.7. The normalized spacial score (nSPS) is 11.0. The van der Waals surface area contributed by atoms with Gasteiger partial charge in [-0.1, -0.05) is 0 Å². The van der Waals surface area contributed by atoms with E-state index in [0.29, 0.717) is 34.8 Å². The number of aromatic nitrogens is 3. The molecule has 0 aliphatic rings. The van der Waals surface area contributed by atoms with Crippen LogP contribution in [0.2, 0.25) is 0 Å². The standard InChI is InChI=1S/C22H20FN3O4/c1-29-17-6-2-15(3-7-17)20-19(14-27)21-22(28)25(10-11-26(21)24-20)12-13-30-18-8-4-16(23)5-9-18/h2-11,27H,12-14H2,1H3. The summed E-state index contributed by atoms with van der Waals surface area (Å²) in [5.74, 6) is 0.887. The Bertz CT molecular complexity index is 1210. The molecule has 0 spiro atoms. The first-order chi connectivity index (χ1) is 14.6. The van der Waals surface area contributed by atoms with Crippen molar-refractivity contribution in [2.45, 2.75) is 13.2 Å². The van der Waals surface area contributed by atoms with E-state index in [1.165, 1.54) is 33.3 Å². The van der Waals surface area contributed by atoms with Gasteiger partial charge in [0.25, 0.3) is 5.56 Å². The molecule has 0 bridgehead atoms. The van der Waals surface area contributed by atoms with E-state index in [2.05, 4.69) is 5.10 Å². The zero-order valence-electron chi connectivity index (χ0n) is 16.3. The summed E-state index contributed by atoms with van der Waals surface area (Å²) in [6.07, 6.45) is 3.29. The summed E-state index contributed by atoms with van der Waals surface area (Å²) in [6, 6.07) is 12.9. The number of hydrogen-bond acceptors (Lipinski definition) is 5. The van der Waals surface area contributed by atoms with Crippen molar-refractivity contribution in [3.05, 3.63) is 82.7 Å². The van der Waals surface area contributed by atoms with Crippen LogP contribution in [-0.2, 0) is 13.2 Å². The SMILES string of the molecule is COc1ccc(-c2nn3ccn(CCOc4ccc(F)cc4)c(=O)c3c2CO)cc1. The molecule has 8 heteroatoms. The number of rotatable bonds is 7.